The molecule has 0 aliphatic carbocycles. The van der Waals surface area contributed by atoms with E-state index < -0.39 is 10.8 Å². The fourth-order valence-electron chi connectivity index (χ4n) is 2.63. The summed E-state index contributed by atoms with van der Waals surface area (Å²) in [5, 5.41) is 23.0. The number of rotatable bonds is 8. The average molecular weight is 521 g/mol. The summed E-state index contributed by atoms with van der Waals surface area (Å²) in [6, 6.07) is 9.48. The fraction of sp³-hybridized carbons (Fsp3) is 0.238. The number of hydrogen-bond acceptors (Lipinski definition) is 6. The van der Waals surface area contributed by atoms with Crippen LogP contribution in [0.5, 0.6) is 11.5 Å². The minimum atomic E-state index is -0.615. The van der Waals surface area contributed by atoms with Crippen LogP contribution in [-0.4, -0.2) is 24.0 Å². The third-order valence-corrected chi connectivity index (χ3v) is 4.77. The molecule has 2 rings (SSSR count). The Morgan fingerprint density at radius 1 is 1.27 bits per heavy atom. The number of nitrogens with one attached hydrogen (secondary N) is 1. The zero-order valence-electron chi connectivity index (χ0n) is 16.7. The Kier molecular flexibility index (Phi) is 8.17. The second kappa shape index (κ2) is 10.6. The number of carbonyl (C=O) groups excluding carboxylic acids is 1. The predicted molar refractivity (Wildman–Crippen MR) is 122 cm³/mol. The van der Waals surface area contributed by atoms with E-state index in [9.17, 15) is 20.2 Å². The second-order valence-corrected chi connectivity index (χ2v) is 7.24. The largest absolute Gasteiger partial charge is 0.490 e. The molecule has 156 valence electrons. The van der Waals surface area contributed by atoms with Crippen LogP contribution in [0.4, 0.5) is 11.4 Å². The van der Waals surface area contributed by atoms with Crippen LogP contribution in [0.25, 0.3) is 6.08 Å². The van der Waals surface area contributed by atoms with Gasteiger partial charge >= 0.3 is 0 Å². The Hall–Kier alpha value is -3.13. The highest BCUT2D eigenvalue weighted by atomic mass is 127. The summed E-state index contributed by atoms with van der Waals surface area (Å²) in [6.07, 6.45) is 1.45. The Morgan fingerprint density at radius 2 is 1.97 bits per heavy atom. The lowest BCUT2D eigenvalue weighted by Gasteiger charge is -2.14. The lowest BCUT2D eigenvalue weighted by atomic mass is 10.1. The van der Waals surface area contributed by atoms with Crippen LogP contribution in [0, 0.1) is 31.9 Å². The van der Waals surface area contributed by atoms with Gasteiger partial charge < -0.3 is 14.8 Å². The summed E-state index contributed by atoms with van der Waals surface area (Å²) in [6.45, 7) is 6.28. The van der Waals surface area contributed by atoms with Crippen molar-refractivity contribution < 1.29 is 19.2 Å². The normalized spacial score (nSPS) is 10.8. The first kappa shape index (κ1) is 23.2. The van der Waals surface area contributed by atoms with Gasteiger partial charge in [-0.3, -0.25) is 14.9 Å². The molecule has 2 aromatic carbocycles. The highest BCUT2D eigenvalue weighted by Crippen LogP contribution is 2.35. The lowest BCUT2D eigenvalue weighted by Crippen LogP contribution is -2.14. The van der Waals surface area contributed by atoms with Crippen molar-refractivity contribution in [1.29, 1.82) is 5.26 Å². The van der Waals surface area contributed by atoms with Gasteiger partial charge in [-0.1, -0.05) is 0 Å². The molecule has 0 bridgehead atoms. The third kappa shape index (κ3) is 5.70. The number of ether oxygens (including phenoxy) is 2. The van der Waals surface area contributed by atoms with Gasteiger partial charge in [0.25, 0.3) is 11.6 Å². The Labute approximate surface area is 187 Å². The molecule has 1 amide bonds. The highest BCUT2D eigenvalue weighted by Gasteiger charge is 2.16. The van der Waals surface area contributed by atoms with Gasteiger partial charge in [-0.25, -0.2) is 0 Å². The van der Waals surface area contributed by atoms with Crippen molar-refractivity contribution in [2.45, 2.75) is 20.8 Å². The van der Waals surface area contributed by atoms with Crippen LogP contribution < -0.4 is 14.8 Å². The molecule has 0 aromatic heterocycles. The number of hydrogen-bond donors (Lipinski definition) is 1. The van der Waals surface area contributed by atoms with Crippen LogP contribution in [-0.2, 0) is 4.79 Å². The van der Waals surface area contributed by atoms with Crippen LogP contribution in [0.15, 0.2) is 35.9 Å². The first-order valence-electron chi connectivity index (χ1n) is 9.08. The molecule has 0 heterocycles. The van der Waals surface area contributed by atoms with Gasteiger partial charge in [0.1, 0.15) is 11.6 Å². The number of aryl methyl sites for hydroxylation is 1. The number of nitro benzene ring substituents is 1. The van der Waals surface area contributed by atoms with E-state index in [1.54, 1.807) is 19.1 Å². The van der Waals surface area contributed by atoms with Crippen LogP contribution in [0.3, 0.4) is 0 Å². The van der Waals surface area contributed by atoms with Crippen LogP contribution >= 0.6 is 22.6 Å². The number of non-ortho nitro benzene ring substituents is 1. The SMILES string of the molecule is CCOc1cc(/C=C(\C#N)C(=O)Nc2ccc([N+](=O)[O-])cc2C)cc(I)c1OCC. The van der Waals surface area contributed by atoms with Gasteiger partial charge in [-0.15, -0.1) is 0 Å². The molecular weight excluding hydrogens is 501 g/mol. The van der Waals surface area contributed by atoms with E-state index in [0.717, 1.165) is 3.57 Å². The maximum absolute atomic E-state index is 12.6. The molecule has 0 aliphatic heterocycles. The minimum absolute atomic E-state index is 0.0750. The number of nitriles is 1. The first-order chi connectivity index (χ1) is 14.3. The van der Waals surface area contributed by atoms with Crippen LogP contribution in [0.2, 0.25) is 0 Å². The summed E-state index contributed by atoms with van der Waals surface area (Å²) in [7, 11) is 0. The molecule has 2 aromatic rings. The molecule has 8 nitrogen and oxygen atoms in total. The van der Waals surface area contributed by atoms with E-state index in [0.29, 0.717) is 41.5 Å². The Morgan fingerprint density at radius 3 is 2.53 bits per heavy atom. The number of amides is 1. The monoisotopic (exact) mass is 521 g/mol. The molecule has 9 heteroatoms. The molecule has 0 atom stereocenters. The van der Waals surface area contributed by atoms with E-state index in [4.69, 9.17) is 9.47 Å². The zero-order valence-corrected chi connectivity index (χ0v) is 18.8. The van der Waals surface area contributed by atoms with Crippen molar-refractivity contribution in [2.24, 2.45) is 0 Å². The molecular formula is C21H20IN3O5. The number of benzene rings is 2. The van der Waals surface area contributed by atoms with Gasteiger partial charge in [0.2, 0.25) is 0 Å². The molecule has 0 radical (unpaired) electrons. The molecule has 0 unspecified atom stereocenters. The van der Waals surface area contributed by atoms with Crippen molar-refractivity contribution in [3.63, 3.8) is 0 Å². The Bertz CT molecular complexity index is 1040. The summed E-state index contributed by atoms with van der Waals surface area (Å²) in [5.74, 6) is 0.527. The molecule has 0 saturated heterocycles. The van der Waals surface area contributed by atoms with E-state index in [-0.39, 0.29) is 11.3 Å². The number of anilines is 1. The number of halogens is 1. The van der Waals surface area contributed by atoms with Crippen molar-refractivity contribution in [3.8, 4) is 17.6 Å². The first-order valence-corrected chi connectivity index (χ1v) is 10.2. The number of nitrogens with zero attached hydrogens (tertiary/aromatic N) is 2. The fourth-order valence-corrected chi connectivity index (χ4v) is 3.41. The molecule has 0 saturated carbocycles. The summed E-state index contributed by atoms with van der Waals surface area (Å²) < 4.78 is 12.0. The van der Waals surface area contributed by atoms with Gasteiger partial charge in [-0.05, 0) is 78.8 Å². The van der Waals surface area contributed by atoms with Crippen molar-refractivity contribution in [2.75, 3.05) is 18.5 Å². The molecule has 1 N–H and O–H groups in total. The van der Waals surface area contributed by atoms with Crippen molar-refractivity contribution in [1.82, 2.24) is 0 Å². The van der Waals surface area contributed by atoms with E-state index >= 15 is 0 Å². The maximum atomic E-state index is 12.6. The molecule has 0 spiro atoms. The maximum Gasteiger partial charge on any atom is 0.269 e. The van der Waals surface area contributed by atoms with Gasteiger partial charge in [0.05, 0.1) is 21.7 Å². The molecule has 0 aliphatic rings. The summed E-state index contributed by atoms with van der Waals surface area (Å²) >= 11 is 2.11. The number of nitro groups is 1. The second-order valence-electron chi connectivity index (χ2n) is 6.08. The van der Waals surface area contributed by atoms with Crippen molar-refractivity contribution >= 4 is 45.9 Å². The van der Waals surface area contributed by atoms with E-state index in [1.165, 1.54) is 24.3 Å². The Balaban J connectivity index is 2.34. The molecule has 30 heavy (non-hydrogen) atoms. The average Bonchev–Trinajstić information content (AvgIpc) is 2.70. The van der Waals surface area contributed by atoms with Gasteiger partial charge in [0.15, 0.2) is 11.5 Å². The lowest BCUT2D eigenvalue weighted by molar-refractivity contribution is -0.384. The zero-order chi connectivity index (χ0) is 22.3. The minimum Gasteiger partial charge on any atom is -0.490 e. The van der Waals surface area contributed by atoms with Gasteiger partial charge in [-0.2, -0.15) is 5.26 Å². The van der Waals surface area contributed by atoms with E-state index in [2.05, 4.69) is 27.9 Å². The van der Waals surface area contributed by atoms with Crippen LogP contribution in [0.1, 0.15) is 25.0 Å². The topological polar surface area (TPSA) is 114 Å². The molecule has 0 fully saturated rings. The highest BCUT2D eigenvalue weighted by molar-refractivity contribution is 14.1. The smallest absolute Gasteiger partial charge is 0.269 e. The standard InChI is InChI=1S/C21H20IN3O5/c1-4-29-19-11-14(10-17(22)20(19)30-5-2)9-15(12-23)21(26)24-18-7-6-16(25(27)28)8-13(18)3/h6-11H,4-5H2,1-3H3,(H,24,26)/b15-9+. The van der Waals surface area contributed by atoms with E-state index in [1.807, 2.05) is 19.9 Å². The van der Waals surface area contributed by atoms with Crippen molar-refractivity contribution in [3.05, 3.63) is 60.7 Å². The predicted octanol–water partition coefficient (Wildman–Crippen LogP) is 4.85. The number of carbonyl (C=O) groups is 1. The van der Waals surface area contributed by atoms with Gasteiger partial charge in [0, 0.05) is 17.8 Å². The summed E-state index contributed by atoms with van der Waals surface area (Å²) in [5.41, 5.74) is 1.33. The quantitative estimate of drug-likeness (QED) is 0.175. The summed E-state index contributed by atoms with van der Waals surface area (Å²) in [4.78, 5) is 22.9. The third-order valence-electron chi connectivity index (χ3n) is 3.97.